The average Bonchev–Trinajstić information content (AvgIpc) is 2.43. The minimum Gasteiger partial charge on any atom is -0.330 e. The molecule has 0 bridgehead atoms. The standard InChI is InChI=1S/C14H13F2N3O/c1-9(12-4-2-3-7-17-12)18-14(20)19-13-6-5-10(15)8-11(13)16/h2-9H,1H3,(H2,18,19,20)/t9-/m1/s1. The third-order valence-electron chi connectivity index (χ3n) is 2.66. The van der Waals surface area contributed by atoms with Crippen molar-refractivity contribution in [3.8, 4) is 0 Å². The van der Waals surface area contributed by atoms with E-state index in [2.05, 4.69) is 15.6 Å². The van der Waals surface area contributed by atoms with Gasteiger partial charge in [-0.25, -0.2) is 13.6 Å². The molecule has 0 radical (unpaired) electrons. The molecule has 0 unspecified atom stereocenters. The van der Waals surface area contributed by atoms with Gasteiger partial charge >= 0.3 is 6.03 Å². The van der Waals surface area contributed by atoms with Crippen LogP contribution >= 0.6 is 0 Å². The van der Waals surface area contributed by atoms with Crippen LogP contribution in [-0.2, 0) is 0 Å². The number of nitrogens with one attached hydrogen (secondary N) is 2. The van der Waals surface area contributed by atoms with Crippen LogP contribution in [0.5, 0.6) is 0 Å². The van der Waals surface area contributed by atoms with E-state index in [1.54, 1.807) is 31.3 Å². The van der Waals surface area contributed by atoms with Crippen molar-refractivity contribution in [1.29, 1.82) is 0 Å². The number of halogens is 2. The fourth-order valence-electron chi connectivity index (χ4n) is 1.65. The maximum Gasteiger partial charge on any atom is 0.319 e. The van der Waals surface area contributed by atoms with Crippen LogP contribution in [0.4, 0.5) is 19.3 Å². The van der Waals surface area contributed by atoms with Gasteiger partial charge in [0.05, 0.1) is 17.4 Å². The van der Waals surface area contributed by atoms with E-state index in [0.717, 1.165) is 12.1 Å². The van der Waals surface area contributed by atoms with Gasteiger partial charge in [0.1, 0.15) is 11.6 Å². The van der Waals surface area contributed by atoms with Crippen LogP contribution in [0.1, 0.15) is 18.7 Å². The molecule has 0 fully saturated rings. The Hall–Kier alpha value is -2.50. The Balaban J connectivity index is 1.99. The molecular weight excluding hydrogens is 264 g/mol. The number of hydrogen-bond acceptors (Lipinski definition) is 2. The summed E-state index contributed by atoms with van der Waals surface area (Å²) in [6.07, 6.45) is 1.62. The molecule has 6 heteroatoms. The number of aromatic nitrogens is 1. The highest BCUT2D eigenvalue weighted by Crippen LogP contribution is 2.15. The van der Waals surface area contributed by atoms with Gasteiger partial charge in [0.25, 0.3) is 0 Å². The van der Waals surface area contributed by atoms with Gasteiger partial charge in [0.2, 0.25) is 0 Å². The van der Waals surface area contributed by atoms with Crippen LogP contribution in [-0.4, -0.2) is 11.0 Å². The second kappa shape index (κ2) is 6.10. The summed E-state index contributed by atoms with van der Waals surface area (Å²) in [5.41, 5.74) is 0.597. The predicted octanol–water partition coefficient (Wildman–Crippen LogP) is 3.24. The summed E-state index contributed by atoms with van der Waals surface area (Å²) in [5, 5.41) is 4.93. The zero-order valence-corrected chi connectivity index (χ0v) is 10.7. The zero-order valence-electron chi connectivity index (χ0n) is 10.7. The third kappa shape index (κ3) is 3.50. The third-order valence-corrected chi connectivity index (χ3v) is 2.66. The van der Waals surface area contributed by atoms with Crippen molar-refractivity contribution in [1.82, 2.24) is 10.3 Å². The fourth-order valence-corrected chi connectivity index (χ4v) is 1.65. The van der Waals surface area contributed by atoms with Crippen molar-refractivity contribution in [2.45, 2.75) is 13.0 Å². The Labute approximate surface area is 114 Å². The summed E-state index contributed by atoms with van der Waals surface area (Å²) in [6.45, 7) is 1.75. The van der Waals surface area contributed by atoms with Crippen molar-refractivity contribution >= 4 is 11.7 Å². The van der Waals surface area contributed by atoms with Crippen LogP contribution in [0.25, 0.3) is 0 Å². The highest BCUT2D eigenvalue weighted by Gasteiger charge is 2.12. The molecule has 104 valence electrons. The van der Waals surface area contributed by atoms with Gasteiger partial charge in [-0.15, -0.1) is 0 Å². The van der Waals surface area contributed by atoms with Crippen molar-refractivity contribution in [3.05, 3.63) is 59.9 Å². The zero-order chi connectivity index (χ0) is 14.5. The molecule has 20 heavy (non-hydrogen) atoms. The SMILES string of the molecule is C[C@@H](NC(=O)Nc1ccc(F)cc1F)c1ccccn1. The quantitative estimate of drug-likeness (QED) is 0.904. The van der Waals surface area contributed by atoms with Gasteiger partial charge in [-0.05, 0) is 31.2 Å². The molecule has 1 atom stereocenters. The first-order valence-electron chi connectivity index (χ1n) is 6.00. The minimum absolute atomic E-state index is 0.0860. The molecule has 0 aliphatic heterocycles. The molecule has 1 aromatic carbocycles. The van der Waals surface area contributed by atoms with E-state index >= 15 is 0 Å². The molecule has 1 aromatic heterocycles. The molecule has 0 saturated heterocycles. The Bertz CT molecular complexity index is 605. The lowest BCUT2D eigenvalue weighted by atomic mass is 10.2. The topological polar surface area (TPSA) is 54.0 Å². The first-order valence-corrected chi connectivity index (χ1v) is 6.00. The smallest absolute Gasteiger partial charge is 0.319 e. The number of nitrogens with zero attached hydrogens (tertiary/aromatic N) is 1. The Morgan fingerprint density at radius 2 is 2.05 bits per heavy atom. The number of hydrogen-bond donors (Lipinski definition) is 2. The lowest BCUT2D eigenvalue weighted by Crippen LogP contribution is -2.31. The number of carbonyl (C=O) groups excluding carboxylic acids is 1. The average molecular weight is 277 g/mol. The van der Waals surface area contributed by atoms with Crippen molar-refractivity contribution in [2.75, 3.05) is 5.32 Å². The van der Waals surface area contributed by atoms with E-state index in [1.165, 1.54) is 0 Å². The molecule has 2 aromatic rings. The summed E-state index contributed by atoms with van der Waals surface area (Å²) in [7, 11) is 0. The first-order chi connectivity index (χ1) is 9.56. The second-order valence-corrected chi connectivity index (χ2v) is 4.20. The van der Waals surface area contributed by atoms with Gasteiger partial charge in [-0.1, -0.05) is 6.07 Å². The summed E-state index contributed by atoms with van der Waals surface area (Å²) in [4.78, 5) is 15.8. The van der Waals surface area contributed by atoms with Gasteiger partial charge < -0.3 is 10.6 Å². The van der Waals surface area contributed by atoms with Crippen LogP contribution in [0.15, 0.2) is 42.6 Å². The molecule has 2 amide bonds. The molecule has 0 spiro atoms. The van der Waals surface area contributed by atoms with E-state index in [-0.39, 0.29) is 11.7 Å². The first kappa shape index (κ1) is 13.9. The largest absolute Gasteiger partial charge is 0.330 e. The van der Waals surface area contributed by atoms with Crippen LogP contribution in [0.3, 0.4) is 0 Å². The maximum absolute atomic E-state index is 13.4. The maximum atomic E-state index is 13.4. The predicted molar refractivity (Wildman–Crippen MR) is 71.2 cm³/mol. The molecule has 4 nitrogen and oxygen atoms in total. The summed E-state index contributed by atoms with van der Waals surface area (Å²) in [5.74, 6) is -1.53. The van der Waals surface area contributed by atoms with E-state index < -0.39 is 17.7 Å². The normalized spacial score (nSPS) is 11.8. The molecule has 0 saturated carbocycles. The molecule has 0 aliphatic rings. The Morgan fingerprint density at radius 1 is 1.25 bits per heavy atom. The van der Waals surface area contributed by atoms with Crippen molar-refractivity contribution in [2.24, 2.45) is 0 Å². The molecular formula is C14H13F2N3O. The highest BCUT2D eigenvalue weighted by molar-refractivity contribution is 5.89. The van der Waals surface area contributed by atoms with Gasteiger partial charge in [0, 0.05) is 12.3 Å². The van der Waals surface area contributed by atoms with Crippen LogP contribution in [0, 0.1) is 11.6 Å². The van der Waals surface area contributed by atoms with E-state index in [0.29, 0.717) is 11.8 Å². The number of urea groups is 1. The van der Waals surface area contributed by atoms with E-state index in [9.17, 15) is 13.6 Å². The Morgan fingerprint density at radius 3 is 2.70 bits per heavy atom. The summed E-state index contributed by atoms with van der Waals surface area (Å²) < 4.78 is 26.1. The summed E-state index contributed by atoms with van der Waals surface area (Å²) >= 11 is 0. The molecule has 0 aliphatic carbocycles. The molecule has 2 N–H and O–H groups in total. The monoisotopic (exact) mass is 277 g/mol. The Kier molecular flexibility index (Phi) is 4.24. The molecule has 1 heterocycles. The number of pyridine rings is 1. The van der Waals surface area contributed by atoms with E-state index in [1.807, 2.05) is 0 Å². The number of benzene rings is 1. The van der Waals surface area contributed by atoms with E-state index in [4.69, 9.17) is 0 Å². The summed E-state index contributed by atoms with van der Waals surface area (Å²) in [6, 6.07) is 7.35. The molecule has 2 rings (SSSR count). The lowest BCUT2D eigenvalue weighted by molar-refractivity contribution is 0.249. The number of anilines is 1. The van der Waals surface area contributed by atoms with Gasteiger partial charge in [-0.3, -0.25) is 4.98 Å². The fraction of sp³-hybridized carbons (Fsp3) is 0.143. The van der Waals surface area contributed by atoms with Gasteiger partial charge in [-0.2, -0.15) is 0 Å². The lowest BCUT2D eigenvalue weighted by Gasteiger charge is -2.14. The van der Waals surface area contributed by atoms with Gasteiger partial charge in [0.15, 0.2) is 0 Å². The second-order valence-electron chi connectivity index (χ2n) is 4.20. The number of carbonyl (C=O) groups is 1. The van der Waals surface area contributed by atoms with Crippen LogP contribution < -0.4 is 10.6 Å². The van der Waals surface area contributed by atoms with Crippen molar-refractivity contribution < 1.29 is 13.6 Å². The van der Waals surface area contributed by atoms with Crippen molar-refractivity contribution in [3.63, 3.8) is 0 Å². The number of rotatable bonds is 3. The highest BCUT2D eigenvalue weighted by atomic mass is 19.1. The number of amides is 2. The van der Waals surface area contributed by atoms with Crippen LogP contribution in [0.2, 0.25) is 0 Å². The minimum atomic E-state index is -0.828.